The zero-order valence-electron chi connectivity index (χ0n) is 9.03. The Morgan fingerprint density at radius 1 is 1.53 bits per heavy atom. The third kappa shape index (κ3) is 2.13. The van der Waals surface area contributed by atoms with Crippen LogP contribution in [0.25, 0.3) is 0 Å². The van der Waals surface area contributed by atoms with Crippen molar-refractivity contribution in [2.75, 3.05) is 5.32 Å². The number of anilines is 1. The van der Waals surface area contributed by atoms with Gasteiger partial charge >= 0.3 is 5.97 Å². The fourth-order valence-electron chi connectivity index (χ4n) is 1.88. The highest BCUT2D eigenvalue weighted by molar-refractivity contribution is 9.10. The summed E-state index contributed by atoms with van der Waals surface area (Å²) in [4.78, 5) is 11.2. The van der Waals surface area contributed by atoms with E-state index in [1.165, 1.54) is 0 Å². The lowest BCUT2D eigenvalue weighted by Gasteiger charge is -2.39. The first-order valence-electron chi connectivity index (χ1n) is 5.29. The van der Waals surface area contributed by atoms with Crippen molar-refractivity contribution in [3.8, 4) is 6.07 Å². The molecule has 5 heteroatoms. The largest absolute Gasteiger partial charge is 0.480 e. The molecule has 1 aromatic rings. The van der Waals surface area contributed by atoms with Crippen LogP contribution in [-0.2, 0) is 4.79 Å². The number of nitriles is 1. The van der Waals surface area contributed by atoms with E-state index in [4.69, 9.17) is 5.26 Å². The van der Waals surface area contributed by atoms with Crippen LogP contribution in [0.15, 0.2) is 22.7 Å². The molecule has 0 heterocycles. The van der Waals surface area contributed by atoms with Crippen LogP contribution in [-0.4, -0.2) is 16.6 Å². The molecule has 17 heavy (non-hydrogen) atoms. The molecule has 0 unspecified atom stereocenters. The first-order valence-corrected chi connectivity index (χ1v) is 6.08. The number of carbonyl (C=O) groups is 1. The lowest BCUT2D eigenvalue weighted by Crippen LogP contribution is -2.52. The third-order valence-corrected chi connectivity index (χ3v) is 3.75. The molecule has 0 bridgehead atoms. The van der Waals surface area contributed by atoms with Crippen LogP contribution in [0.4, 0.5) is 5.69 Å². The molecule has 0 aromatic heterocycles. The fraction of sp³-hybridized carbons (Fsp3) is 0.333. The van der Waals surface area contributed by atoms with Crippen LogP contribution in [0.2, 0.25) is 0 Å². The van der Waals surface area contributed by atoms with Gasteiger partial charge in [-0.25, -0.2) is 4.79 Å². The molecule has 1 aromatic carbocycles. The minimum absolute atomic E-state index is 0.536. The minimum Gasteiger partial charge on any atom is -0.480 e. The zero-order valence-corrected chi connectivity index (χ0v) is 10.6. The number of nitrogens with one attached hydrogen (secondary N) is 1. The van der Waals surface area contributed by atoms with Crippen molar-refractivity contribution in [2.24, 2.45) is 0 Å². The molecule has 2 N–H and O–H groups in total. The van der Waals surface area contributed by atoms with Gasteiger partial charge in [-0.15, -0.1) is 0 Å². The number of halogens is 1. The number of carboxylic acids is 1. The van der Waals surface area contributed by atoms with Gasteiger partial charge in [0.15, 0.2) is 0 Å². The van der Waals surface area contributed by atoms with E-state index in [1.807, 2.05) is 6.07 Å². The minimum atomic E-state index is -0.826. The summed E-state index contributed by atoms with van der Waals surface area (Å²) in [6.07, 6.45) is 2.21. The van der Waals surface area contributed by atoms with Gasteiger partial charge in [0.2, 0.25) is 0 Å². The van der Waals surface area contributed by atoms with Crippen LogP contribution in [0, 0.1) is 11.3 Å². The fourth-order valence-corrected chi connectivity index (χ4v) is 2.35. The smallest absolute Gasteiger partial charge is 0.329 e. The van der Waals surface area contributed by atoms with Gasteiger partial charge in [-0.3, -0.25) is 0 Å². The maximum atomic E-state index is 11.2. The number of rotatable bonds is 3. The number of aliphatic carboxylic acids is 1. The normalized spacial score (nSPS) is 16.7. The van der Waals surface area contributed by atoms with Crippen LogP contribution in [0.1, 0.15) is 24.8 Å². The highest BCUT2D eigenvalue weighted by Crippen LogP contribution is 2.36. The molecule has 0 spiro atoms. The number of carboxylic acid groups (broad SMARTS) is 1. The molecular weight excluding hydrogens is 284 g/mol. The van der Waals surface area contributed by atoms with Crippen molar-refractivity contribution in [2.45, 2.75) is 24.8 Å². The second-order valence-electron chi connectivity index (χ2n) is 4.17. The van der Waals surface area contributed by atoms with Gasteiger partial charge in [0.05, 0.1) is 5.56 Å². The molecule has 1 fully saturated rings. The lowest BCUT2D eigenvalue weighted by molar-refractivity contribution is -0.145. The first-order chi connectivity index (χ1) is 8.07. The molecule has 2 rings (SSSR count). The van der Waals surface area contributed by atoms with E-state index in [-0.39, 0.29) is 0 Å². The van der Waals surface area contributed by atoms with Gasteiger partial charge in [0.1, 0.15) is 11.6 Å². The summed E-state index contributed by atoms with van der Waals surface area (Å²) in [7, 11) is 0. The second-order valence-corrected chi connectivity index (χ2v) is 5.03. The van der Waals surface area contributed by atoms with Gasteiger partial charge in [-0.1, -0.05) is 0 Å². The summed E-state index contributed by atoms with van der Waals surface area (Å²) in [5, 5.41) is 21.0. The summed E-state index contributed by atoms with van der Waals surface area (Å²) in [5.74, 6) is -0.816. The van der Waals surface area contributed by atoms with E-state index in [0.717, 1.165) is 12.1 Å². The van der Waals surface area contributed by atoms with Crippen molar-refractivity contribution in [3.05, 3.63) is 28.2 Å². The van der Waals surface area contributed by atoms with E-state index in [2.05, 4.69) is 21.2 Å². The quantitative estimate of drug-likeness (QED) is 0.899. The number of hydrogen-bond acceptors (Lipinski definition) is 3. The third-order valence-electron chi connectivity index (χ3n) is 3.09. The predicted octanol–water partition coefficient (Wildman–Crippen LogP) is 2.74. The highest BCUT2D eigenvalue weighted by atomic mass is 79.9. The van der Waals surface area contributed by atoms with Crippen molar-refractivity contribution in [1.82, 2.24) is 0 Å². The summed E-state index contributed by atoms with van der Waals surface area (Å²) in [6, 6.07) is 7.18. The van der Waals surface area contributed by atoms with Gasteiger partial charge < -0.3 is 10.4 Å². The average molecular weight is 295 g/mol. The second kappa shape index (κ2) is 4.38. The average Bonchev–Trinajstić information content (AvgIpc) is 2.23. The van der Waals surface area contributed by atoms with E-state index in [9.17, 15) is 9.90 Å². The number of hydrogen-bond donors (Lipinski definition) is 2. The highest BCUT2D eigenvalue weighted by Gasteiger charge is 2.44. The van der Waals surface area contributed by atoms with Crippen molar-refractivity contribution < 1.29 is 9.90 Å². The number of nitrogens with zero attached hydrogens (tertiary/aromatic N) is 1. The lowest BCUT2D eigenvalue weighted by atomic mass is 9.76. The molecule has 0 radical (unpaired) electrons. The molecular formula is C12H11BrN2O2. The van der Waals surface area contributed by atoms with E-state index < -0.39 is 11.5 Å². The Kier molecular flexibility index (Phi) is 3.07. The van der Waals surface area contributed by atoms with Crippen LogP contribution >= 0.6 is 15.9 Å². The monoisotopic (exact) mass is 294 g/mol. The summed E-state index contributed by atoms with van der Waals surface area (Å²) >= 11 is 3.28. The molecule has 88 valence electrons. The van der Waals surface area contributed by atoms with E-state index in [0.29, 0.717) is 22.9 Å². The predicted molar refractivity (Wildman–Crippen MR) is 66.7 cm³/mol. The van der Waals surface area contributed by atoms with Crippen molar-refractivity contribution in [1.29, 1.82) is 5.26 Å². The maximum Gasteiger partial charge on any atom is 0.329 e. The molecule has 0 amide bonds. The molecule has 0 saturated heterocycles. The molecule has 1 aliphatic rings. The molecule has 4 nitrogen and oxygen atoms in total. The van der Waals surface area contributed by atoms with Gasteiger partial charge in [-0.2, -0.15) is 5.26 Å². The standard InChI is InChI=1S/C12H11BrN2O2/c13-10-6-9(3-2-8(10)7-14)15-12(11(16)17)4-1-5-12/h2-3,6,15H,1,4-5H2,(H,16,17). The summed E-state index contributed by atoms with van der Waals surface area (Å²) in [6.45, 7) is 0. The Balaban J connectivity index is 2.22. The Hall–Kier alpha value is -1.54. The summed E-state index contributed by atoms with van der Waals surface area (Å²) < 4.78 is 0.671. The van der Waals surface area contributed by atoms with Crippen LogP contribution < -0.4 is 5.32 Å². The molecule has 0 aliphatic heterocycles. The number of benzene rings is 1. The Labute approximate surface area is 107 Å². The first kappa shape index (κ1) is 11.9. The molecule has 1 aliphatic carbocycles. The van der Waals surface area contributed by atoms with Gasteiger partial charge in [0, 0.05) is 10.2 Å². The van der Waals surface area contributed by atoms with E-state index in [1.54, 1.807) is 18.2 Å². The van der Waals surface area contributed by atoms with Crippen LogP contribution in [0.3, 0.4) is 0 Å². The van der Waals surface area contributed by atoms with E-state index >= 15 is 0 Å². The topological polar surface area (TPSA) is 73.1 Å². The zero-order chi connectivity index (χ0) is 12.5. The molecule has 1 saturated carbocycles. The van der Waals surface area contributed by atoms with Gasteiger partial charge in [0.25, 0.3) is 0 Å². The Morgan fingerprint density at radius 3 is 2.65 bits per heavy atom. The van der Waals surface area contributed by atoms with Crippen molar-refractivity contribution in [3.63, 3.8) is 0 Å². The molecule has 0 atom stereocenters. The SMILES string of the molecule is N#Cc1ccc(NC2(C(=O)O)CCC2)cc1Br. The maximum absolute atomic E-state index is 11.2. The summed E-state index contributed by atoms with van der Waals surface area (Å²) in [5.41, 5.74) is 0.430. The Bertz CT molecular complexity index is 504. The Morgan fingerprint density at radius 2 is 2.24 bits per heavy atom. The van der Waals surface area contributed by atoms with Crippen molar-refractivity contribution >= 4 is 27.6 Å². The van der Waals surface area contributed by atoms with Gasteiger partial charge in [-0.05, 0) is 53.4 Å². The van der Waals surface area contributed by atoms with Crippen LogP contribution in [0.5, 0.6) is 0 Å².